The lowest BCUT2D eigenvalue weighted by Gasteiger charge is -2.17. The number of aromatic nitrogens is 3. The standard InChI is InChI=1S/C11H21N5O2/c1-4-6-8(7-17-3)13-10-14-9(12)15-11(16-10)18-5-2/h8H,4-7H2,1-3H3,(H3,12,13,14,15,16). The van der Waals surface area contributed by atoms with Crippen molar-refractivity contribution in [1.82, 2.24) is 15.0 Å². The van der Waals surface area contributed by atoms with E-state index in [1.165, 1.54) is 0 Å². The number of methoxy groups -OCH3 is 1. The van der Waals surface area contributed by atoms with Crippen molar-refractivity contribution in [3.05, 3.63) is 0 Å². The number of nitrogens with zero attached hydrogens (tertiary/aromatic N) is 3. The molecule has 1 unspecified atom stereocenters. The number of ether oxygens (including phenoxy) is 2. The fourth-order valence-electron chi connectivity index (χ4n) is 1.56. The van der Waals surface area contributed by atoms with E-state index in [2.05, 4.69) is 27.2 Å². The van der Waals surface area contributed by atoms with E-state index in [4.69, 9.17) is 15.2 Å². The van der Waals surface area contributed by atoms with E-state index in [1.807, 2.05) is 6.92 Å². The van der Waals surface area contributed by atoms with Crippen LogP contribution in [0, 0.1) is 0 Å². The van der Waals surface area contributed by atoms with Gasteiger partial charge in [0.2, 0.25) is 11.9 Å². The third-order valence-corrected chi connectivity index (χ3v) is 2.24. The summed E-state index contributed by atoms with van der Waals surface area (Å²) >= 11 is 0. The molecule has 0 fully saturated rings. The van der Waals surface area contributed by atoms with Gasteiger partial charge in [0.15, 0.2) is 0 Å². The first kappa shape index (κ1) is 14.4. The number of nitrogens with two attached hydrogens (primary N) is 1. The summed E-state index contributed by atoms with van der Waals surface area (Å²) in [5.74, 6) is 0.560. The molecule has 1 aromatic rings. The van der Waals surface area contributed by atoms with Crippen LogP contribution >= 0.6 is 0 Å². The SMILES string of the molecule is CCCC(COC)Nc1nc(N)nc(OCC)n1. The first-order valence-electron chi connectivity index (χ1n) is 6.09. The molecule has 3 N–H and O–H groups in total. The topological polar surface area (TPSA) is 95.2 Å². The van der Waals surface area contributed by atoms with Gasteiger partial charge in [0.1, 0.15) is 0 Å². The molecule has 1 atom stereocenters. The Morgan fingerprint density at radius 1 is 1.28 bits per heavy atom. The third kappa shape index (κ3) is 4.70. The van der Waals surface area contributed by atoms with Gasteiger partial charge in [-0.25, -0.2) is 0 Å². The highest BCUT2D eigenvalue weighted by molar-refractivity contribution is 5.33. The number of nitrogen functional groups attached to an aromatic ring is 1. The molecule has 0 spiro atoms. The predicted molar refractivity (Wildman–Crippen MR) is 69.6 cm³/mol. The highest BCUT2D eigenvalue weighted by atomic mass is 16.5. The van der Waals surface area contributed by atoms with Gasteiger partial charge >= 0.3 is 6.01 Å². The van der Waals surface area contributed by atoms with Gasteiger partial charge in [0, 0.05) is 7.11 Å². The largest absolute Gasteiger partial charge is 0.464 e. The normalized spacial score (nSPS) is 12.2. The highest BCUT2D eigenvalue weighted by Crippen LogP contribution is 2.11. The number of anilines is 2. The van der Waals surface area contributed by atoms with Crippen molar-refractivity contribution in [2.75, 3.05) is 31.4 Å². The van der Waals surface area contributed by atoms with Crippen LogP contribution in [0.15, 0.2) is 0 Å². The molecule has 7 nitrogen and oxygen atoms in total. The molecule has 0 saturated heterocycles. The Balaban J connectivity index is 2.74. The van der Waals surface area contributed by atoms with Gasteiger partial charge < -0.3 is 20.5 Å². The third-order valence-electron chi connectivity index (χ3n) is 2.24. The first-order chi connectivity index (χ1) is 8.69. The second-order valence-electron chi connectivity index (χ2n) is 3.82. The summed E-state index contributed by atoms with van der Waals surface area (Å²) in [4.78, 5) is 12.1. The number of nitrogens with one attached hydrogen (secondary N) is 1. The summed E-state index contributed by atoms with van der Waals surface area (Å²) in [6, 6.07) is 0.386. The lowest BCUT2D eigenvalue weighted by Crippen LogP contribution is -2.26. The van der Waals surface area contributed by atoms with Crippen LogP contribution in [0.5, 0.6) is 6.01 Å². The molecule has 0 aromatic carbocycles. The highest BCUT2D eigenvalue weighted by Gasteiger charge is 2.11. The Morgan fingerprint density at radius 2 is 2.06 bits per heavy atom. The van der Waals surface area contributed by atoms with E-state index in [9.17, 15) is 0 Å². The molecule has 0 aliphatic rings. The summed E-state index contributed by atoms with van der Waals surface area (Å²) in [5, 5.41) is 3.17. The van der Waals surface area contributed by atoms with Crippen molar-refractivity contribution in [3.63, 3.8) is 0 Å². The Bertz CT molecular complexity index is 355. The van der Waals surface area contributed by atoms with Crippen molar-refractivity contribution in [2.24, 2.45) is 0 Å². The molecule has 0 radical (unpaired) electrons. The monoisotopic (exact) mass is 255 g/mol. The molecule has 1 aromatic heterocycles. The summed E-state index contributed by atoms with van der Waals surface area (Å²) in [6.45, 7) is 5.04. The average molecular weight is 255 g/mol. The quantitative estimate of drug-likeness (QED) is 0.717. The number of rotatable bonds is 8. The van der Waals surface area contributed by atoms with Gasteiger partial charge in [-0.1, -0.05) is 13.3 Å². The van der Waals surface area contributed by atoms with E-state index in [0.29, 0.717) is 19.2 Å². The van der Waals surface area contributed by atoms with Crippen LogP contribution in [0.4, 0.5) is 11.9 Å². The average Bonchev–Trinajstić information content (AvgIpc) is 2.29. The zero-order valence-corrected chi connectivity index (χ0v) is 11.1. The molecule has 0 saturated carbocycles. The number of hydrogen-bond acceptors (Lipinski definition) is 7. The van der Waals surface area contributed by atoms with Crippen LogP contribution in [-0.2, 0) is 4.74 Å². The van der Waals surface area contributed by atoms with E-state index in [1.54, 1.807) is 7.11 Å². The zero-order chi connectivity index (χ0) is 13.4. The number of hydrogen-bond donors (Lipinski definition) is 2. The smallest absolute Gasteiger partial charge is 0.323 e. The van der Waals surface area contributed by atoms with Crippen LogP contribution in [0.2, 0.25) is 0 Å². The van der Waals surface area contributed by atoms with Crippen LogP contribution in [0.3, 0.4) is 0 Å². The van der Waals surface area contributed by atoms with Gasteiger partial charge in [-0.2, -0.15) is 15.0 Å². The Hall–Kier alpha value is -1.63. The maximum Gasteiger partial charge on any atom is 0.323 e. The maximum absolute atomic E-state index is 5.60. The van der Waals surface area contributed by atoms with Crippen molar-refractivity contribution in [1.29, 1.82) is 0 Å². The van der Waals surface area contributed by atoms with Crippen molar-refractivity contribution in [2.45, 2.75) is 32.7 Å². The molecular weight excluding hydrogens is 234 g/mol. The van der Waals surface area contributed by atoms with E-state index >= 15 is 0 Å². The minimum atomic E-state index is 0.142. The maximum atomic E-state index is 5.60. The molecule has 102 valence electrons. The van der Waals surface area contributed by atoms with E-state index in [0.717, 1.165) is 12.8 Å². The second kappa shape index (κ2) is 7.65. The van der Waals surface area contributed by atoms with Gasteiger partial charge in [0.05, 0.1) is 19.3 Å². The Kier molecular flexibility index (Phi) is 6.13. The van der Waals surface area contributed by atoms with Crippen LogP contribution in [0.25, 0.3) is 0 Å². The zero-order valence-electron chi connectivity index (χ0n) is 11.1. The first-order valence-corrected chi connectivity index (χ1v) is 6.09. The lowest BCUT2D eigenvalue weighted by atomic mass is 10.2. The van der Waals surface area contributed by atoms with Crippen LogP contribution in [-0.4, -0.2) is 41.3 Å². The molecule has 0 amide bonds. The summed E-state index contributed by atoms with van der Waals surface area (Å²) in [7, 11) is 1.66. The van der Waals surface area contributed by atoms with Crippen molar-refractivity contribution < 1.29 is 9.47 Å². The van der Waals surface area contributed by atoms with Gasteiger partial charge in [-0.3, -0.25) is 0 Å². The Morgan fingerprint density at radius 3 is 2.67 bits per heavy atom. The predicted octanol–water partition coefficient (Wildman–Crippen LogP) is 1.08. The Labute approximate surface area is 107 Å². The molecule has 7 heteroatoms. The van der Waals surface area contributed by atoms with Crippen molar-refractivity contribution >= 4 is 11.9 Å². The molecular formula is C11H21N5O2. The minimum Gasteiger partial charge on any atom is -0.464 e. The molecule has 0 aliphatic heterocycles. The minimum absolute atomic E-state index is 0.142. The van der Waals surface area contributed by atoms with Crippen LogP contribution < -0.4 is 15.8 Å². The molecule has 18 heavy (non-hydrogen) atoms. The molecule has 0 aliphatic carbocycles. The van der Waals surface area contributed by atoms with E-state index in [-0.39, 0.29) is 18.0 Å². The van der Waals surface area contributed by atoms with E-state index < -0.39 is 0 Å². The molecule has 1 heterocycles. The van der Waals surface area contributed by atoms with Gasteiger partial charge in [-0.05, 0) is 13.3 Å². The second-order valence-corrected chi connectivity index (χ2v) is 3.82. The summed E-state index contributed by atoms with van der Waals surface area (Å²) in [6.07, 6.45) is 2.00. The van der Waals surface area contributed by atoms with Crippen molar-refractivity contribution in [3.8, 4) is 6.01 Å². The fourth-order valence-corrected chi connectivity index (χ4v) is 1.56. The molecule has 0 bridgehead atoms. The summed E-state index contributed by atoms with van der Waals surface area (Å²) in [5.41, 5.74) is 5.60. The lowest BCUT2D eigenvalue weighted by molar-refractivity contribution is 0.182. The fraction of sp³-hybridized carbons (Fsp3) is 0.727. The summed E-state index contributed by atoms with van der Waals surface area (Å²) < 4.78 is 10.4. The van der Waals surface area contributed by atoms with Gasteiger partial charge in [-0.15, -0.1) is 0 Å². The van der Waals surface area contributed by atoms with Gasteiger partial charge in [0.25, 0.3) is 0 Å². The molecule has 1 rings (SSSR count). The van der Waals surface area contributed by atoms with Crippen LogP contribution in [0.1, 0.15) is 26.7 Å².